The van der Waals surface area contributed by atoms with Crippen LogP contribution >= 0.6 is 0 Å². The van der Waals surface area contributed by atoms with E-state index >= 15 is 0 Å². The van der Waals surface area contributed by atoms with E-state index in [2.05, 4.69) is 10.8 Å². The second-order valence-electron chi connectivity index (χ2n) is 0.725. The molecule has 0 amide bonds. The quantitative estimate of drug-likeness (QED) is 0.297. The third-order valence-electron chi connectivity index (χ3n) is 0.0861. The Hall–Kier alpha value is -0.710. The van der Waals surface area contributed by atoms with Gasteiger partial charge in [0.2, 0.25) is 0 Å². The first-order valence-corrected chi connectivity index (χ1v) is 2.68. The summed E-state index contributed by atoms with van der Waals surface area (Å²) >= 11 is 0. The fraction of sp³-hybridized carbons (Fsp3) is 0. The third-order valence-corrected chi connectivity index (χ3v) is 0.0861. The molecule has 0 fully saturated rings. The van der Waals surface area contributed by atoms with Crippen LogP contribution in [0, 0.1) is 20.4 Å². The normalized spacial score (nSPS) is 9.30. The van der Waals surface area contributed by atoms with Gasteiger partial charge in [-0.15, -0.1) is 10.1 Å². The lowest BCUT2D eigenvalue weighted by Gasteiger charge is -2.03. The molecule has 3 N–H and O–H groups in total. The van der Waals surface area contributed by atoms with Gasteiger partial charge in [-0.3, -0.25) is 0 Å². The van der Waals surface area contributed by atoms with Crippen molar-refractivity contribution in [3.63, 3.8) is 0 Å². The van der Waals surface area contributed by atoms with E-state index in [1.807, 2.05) is 0 Å². The van der Waals surface area contributed by atoms with E-state index in [9.17, 15) is 0 Å². The molecule has 0 aliphatic heterocycles. The van der Waals surface area contributed by atoms with Crippen LogP contribution in [0.25, 0.3) is 0 Å². The molecule has 0 saturated carbocycles. The molecule has 10 heteroatoms. The molecule has 0 aromatic rings. The van der Waals surface area contributed by atoms with Crippen molar-refractivity contribution in [2.24, 2.45) is 5.90 Å². The second kappa shape index (κ2) is 5.10. The van der Waals surface area contributed by atoms with Crippen LogP contribution in [0.2, 0.25) is 0 Å². The van der Waals surface area contributed by atoms with E-state index in [-0.39, 0.29) is 0 Å². The van der Waals surface area contributed by atoms with Crippen LogP contribution in [0.5, 0.6) is 0 Å². The first-order chi connectivity index (χ1) is 4.27. The molecule has 62 valence electrons. The van der Waals surface area contributed by atoms with Gasteiger partial charge in [-0.25, -0.2) is 4.94 Å². The van der Waals surface area contributed by atoms with Gasteiger partial charge in [-0.05, 0) is 0 Å². The zero-order chi connectivity index (χ0) is 8.78. The molecule has 10 heavy (non-hydrogen) atoms. The van der Waals surface area contributed by atoms with Crippen molar-refractivity contribution in [3.8, 4) is 0 Å². The number of nitrogens with zero attached hydrogens (tertiary/aromatic N) is 1. The minimum atomic E-state index is -4.69. The van der Waals surface area contributed by atoms with Gasteiger partial charge in [0.1, 0.15) is 0 Å². The summed E-state index contributed by atoms with van der Waals surface area (Å²) in [7, 11) is -4.69. The molecule has 0 aromatic heterocycles. The monoisotopic (exact) mass is 178 g/mol. The Morgan fingerprint density at radius 3 is 1.60 bits per heavy atom. The first-order valence-electron chi connectivity index (χ1n) is 1.42. The SMILES string of the molecule is NO[N+](=O)[O-].[O-][Cl+3]([O-])([O-])O. The molecular formula is H3ClN2O7. The van der Waals surface area contributed by atoms with Gasteiger partial charge in [-0.2, -0.15) is 19.9 Å². The molecule has 0 bridgehead atoms. The van der Waals surface area contributed by atoms with Gasteiger partial charge in [0.25, 0.3) is 0 Å². The lowest BCUT2D eigenvalue weighted by Crippen LogP contribution is -2.58. The van der Waals surface area contributed by atoms with Crippen LogP contribution in [0.3, 0.4) is 0 Å². The first kappa shape index (κ1) is 12.0. The summed E-state index contributed by atoms with van der Waals surface area (Å²) in [4.78, 5) is 11.8. The minimum absolute atomic E-state index is 1.10. The average Bonchev–Trinajstić information content (AvgIpc) is 1.61. The van der Waals surface area contributed by atoms with Crippen molar-refractivity contribution in [1.82, 2.24) is 0 Å². The predicted molar refractivity (Wildman–Crippen MR) is 14.5 cm³/mol. The Morgan fingerprint density at radius 1 is 1.50 bits per heavy atom. The molecule has 0 aliphatic rings. The Kier molecular flexibility index (Phi) is 6.13. The molecule has 0 heterocycles. The summed E-state index contributed by atoms with van der Waals surface area (Å²) < 4.78 is 32.7. The van der Waals surface area contributed by atoms with Crippen LogP contribution in [-0.2, 0) is 4.94 Å². The van der Waals surface area contributed by atoms with Gasteiger partial charge in [-0.1, -0.05) is 0 Å². The number of halogens is 1. The van der Waals surface area contributed by atoms with Crippen molar-refractivity contribution in [2.75, 3.05) is 0 Å². The summed E-state index contributed by atoms with van der Waals surface area (Å²) in [6.07, 6.45) is 0. The van der Waals surface area contributed by atoms with Crippen LogP contribution in [-0.4, -0.2) is 9.75 Å². The standard InChI is InChI=1S/ClHO4.H2N2O3/c2-1(3,4)5;1-5-2(3)4/h(H,2,3,4,5);1H2. The average molecular weight is 178 g/mol. The van der Waals surface area contributed by atoms with Gasteiger partial charge >= 0.3 is 5.09 Å². The number of hydrogen-bond donors (Lipinski definition) is 2. The molecule has 0 rings (SSSR count). The van der Waals surface area contributed by atoms with E-state index in [1.165, 1.54) is 0 Å². The van der Waals surface area contributed by atoms with E-state index < -0.39 is 15.3 Å². The molecule has 0 aromatic carbocycles. The maximum atomic E-state index is 8.83. The van der Waals surface area contributed by atoms with Gasteiger partial charge in [0, 0.05) is 0 Å². The number of nitrogens with two attached hydrogens (primary N) is 1. The predicted octanol–water partition coefficient (Wildman–Crippen LogP) is -5.06. The highest BCUT2D eigenvalue weighted by Crippen LogP contribution is 1.60. The summed E-state index contributed by atoms with van der Waals surface area (Å²) in [5.74, 6) is 3.97. The van der Waals surface area contributed by atoms with E-state index in [1.54, 1.807) is 0 Å². The molecule has 9 nitrogen and oxygen atoms in total. The van der Waals surface area contributed by atoms with Crippen molar-refractivity contribution in [3.05, 3.63) is 10.1 Å². The maximum Gasteiger partial charge on any atom is 0.311 e. The topological polar surface area (TPSA) is 168 Å². The lowest BCUT2D eigenvalue weighted by atomic mass is 13.0. The molecule has 0 unspecified atom stereocenters. The molecule has 0 radical (unpaired) electrons. The fourth-order valence-corrected chi connectivity index (χ4v) is 0. The summed E-state index contributed by atoms with van der Waals surface area (Å²) in [6.45, 7) is 0. The van der Waals surface area contributed by atoms with Crippen molar-refractivity contribution in [2.45, 2.75) is 0 Å². The van der Waals surface area contributed by atoms with Crippen LogP contribution < -0.4 is 19.9 Å². The second-order valence-corrected chi connectivity index (χ2v) is 1.52. The Labute approximate surface area is 56.0 Å². The van der Waals surface area contributed by atoms with Crippen molar-refractivity contribution in [1.29, 1.82) is 0 Å². The van der Waals surface area contributed by atoms with Crippen LogP contribution in [0.15, 0.2) is 0 Å². The summed E-state index contributed by atoms with van der Waals surface area (Å²) in [6, 6.07) is 0. The third kappa shape index (κ3) is 173. The highest BCUT2D eigenvalue weighted by atomic mass is 35.7. The maximum absolute atomic E-state index is 8.83. The molecule has 0 aliphatic carbocycles. The minimum Gasteiger partial charge on any atom is -0.223 e. The van der Waals surface area contributed by atoms with Crippen molar-refractivity contribution >= 4 is 0 Å². The van der Waals surface area contributed by atoms with E-state index in [0.29, 0.717) is 0 Å². The van der Waals surface area contributed by atoms with Gasteiger partial charge < -0.3 is 0 Å². The smallest absolute Gasteiger partial charge is 0.223 e. The molecule has 0 atom stereocenters. The summed E-state index contributed by atoms with van der Waals surface area (Å²) in [5.41, 5.74) is 0. The molecular weight excluding hydrogens is 175 g/mol. The lowest BCUT2D eigenvalue weighted by molar-refractivity contribution is -1.92. The summed E-state index contributed by atoms with van der Waals surface area (Å²) in [5, 5.41) is 7.73. The van der Waals surface area contributed by atoms with Crippen LogP contribution in [0.4, 0.5) is 0 Å². The molecule has 0 spiro atoms. The molecule has 0 saturated heterocycles. The van der Waals surface area contributed by atoms with E-state index in [4.69, 9.17) is 28.8 Å². The van der Waals surface area contributed by atoms with Crippen LogP contribution in [0.1, 0.15) is 0 Å². The van der Waals surface area contributed by atoms with Gasteiger partial charge in [0.15, 0.2) is 0 Å². The van der Waals surface area contributed by atoms with Crippen molar-refractivity contribution < 1.29 is 38.9 Å². The number of hydrogen-bond acceptors (Lipinski definition) is 8. The fourth-order valence-electron chi connectivity index (χ4n) is 0. The van der Waals surface area contributed by atoms with E-state index in [0.717, 1.165) is 0 Å². The Balaban J connectivity index is 0. The Bertz CT molecular complexity index is 88.3. The number of rotatable bonds is 1. The highest BCUT2D eigenvalue weighted by molar-refractivity contribution is 3.85. The zero-order valence-electron chi connectivity index (χ0n) is 4.30. The zero-order valence-corrected chi connectivity index (χ0v) is 5.06. The highest BCUT2D eigenvalue weighted by Gasteiger charge is 1.98. The largest absolute Gasteiger partial charge is 0.311 e. The van der Waals surface area contributed by atoms with Gasteiger partial charge in [0.05, 0.1) is 14.9 Å². The Morgan fingerprint density at radius 2 is 1.60 bits per heavy atom.